The highest BCUT2D eigenvalue weighted by Crippen LogP contribution is 2.57. The molecule has 4 aliphatic heterocycles. The van der Waals surface area contributed by atoms with Gasteiger partial charge in [0.25, 0.3) is 0 Å². The smallest absolute Gasteiger partial charge is 0.200 e. The van der Waals surface area contributed by atoms with Gasteiger partial charge in [0.05, 0.1) is 38.2 Å². The van der Waals surface area contributed by atoms with Crippen LogP contribution in [-0.4, -0.2) is 94.9 Å². The van der Waals surface area contributed by atoms with Crippen molar-refractivity contribution in [2.75, 3.05) is 23.9 Å². The van der Waals surface area contributed by atoms with E-state index in [9.17, 15) is 5.11 Å². The number of rotatable bonds is 9. The van der Waals surface area contributed by atoms with E-state index < -0.39 is 0 Å². The highest BCUT2D eigenvalue weighted by atomic mass is 79.9. The van der Waals surface area contributed by atoms with Crippen LogP contribution in [0.2, 0.25) is 0 Å². The van der Waals surface area contributed by atoms with Crippen molar-refractivity contribution < 1.29 is 33.5 Å². The first-order chi connectivity index (χ1) is 38.1. The van der Waals surface area contributed by atoms with Crippen LogP contribution in [0.5, 0.6) is 0 Å². The van der Waals surface area contributed by atoms with Crippen LogP contribution in [0, 0.1) is 16.2 Å². The van der Waals surface area contributed by atoms with Gasteiger partial charge in [-0.3, -0.25) is 10.8 Å². The Labute approximate surface area is 473 Å². The Morgan fingerprint density at radius 1 is 0.526 bits per heavy atom. The Balaban J connectivity index is 0.000000116. The Morgan fingerprint density at radius 2 is 0.859 bits per heavy atom. The molecule has 1 saturated carbocycles. The highest BCUT2D eigenvalue weighted by Gasteiger charge is 2.61. The molecule has 0 aromatic heterocycles. The maximum absolute atomic E-state index is 9.39. The summed E-state index contributed by atoms with van der Waals surface area (Å²) in [6.45, 7) is 4.55. The van der Waals surface area contributed by atoms with Gasteiger partial charge < -0.3 is 39.3 Å². The minimum atomic E-state index is -0.382. The first-order valence-corrected chi connectivity index (χ1v) is 29.6. The number of fused-ring (bicyclic) bond motifs is 13. The van der Waals surface area contributed by atoms with Crippen molar-refractivity contribution in [2.24, 2.45) is 31.1 Å². The van der Waals surface area contributed by atoms with E-state index in [1.807, 2.05) is 24.3 Å². The van der Waals surface area contributed by atoms with E-state index in [1.54, 1.807) is 13.8 Å². The molecule has 78 heavy (non-hydrogen) atoms. The van der Waals surface area contributed by atoms with E-state index in [0.29, 0.717) is 26.1 Å². The molecule has 0 radical (unpaired) electrons. The number of aliphatic imine (C=N–C) groups is 4. The Morgan fingerprint density at radius 3 is 1.21 bits per heavy atom. The summed E-state index contributed by atoms with van der Waals surface area (Å²) in [5, 5.41) is 25.8. The van der Waals surface area contributed by atoms with Crippen molar-refractivity contribution in [1.82, 2.24) is 0 Å². The molecule has 6 aliphatic carbocycles. The molecule has 14 nitrogen and oxygen atoms in total. The predicted molar refractivity (Wildman–Crippen MR) is 311 cm³/mol. The number of benzene rings is 5. The third-order valence-electron chi connectivity index (χ3n) is 15.9. The lowest BCUT2D eigenvalue weighted by atomic mass is 10.1. The quantitative estimate of drug-likeness (QED) is 0.0635. The average Bonchev–Trinajstić information content (AvgIpc) is 4.43. The molecule has 0 spiro atoms. The van der Waals surface area contributed by atoms with E-state index in [0.717, 1.165) is 78.3 Å². The van der Waals surface area contributed by atoms with Crippen LogP contribution in [0.4, 0.5) is 0 Å². The van der Waals surface area contributed by atoms with Crippen LogP contribution in [0.3, 0.4) is 0 Å². The number of nitrogens with two attached hydrogens (primary N) is 1. The third-order valence-corrected chi connectivity index (χ3v) is 17.8. The van der Waals surface area contributed by atoms with Crippen LogP contribution in [0.15, 0.2) is 141 Å². The van der Waals surface area contributed by atoms with E-state index in [1.165, 1.54) is 50.1 Å². The fourth-order valence-corrected chi connectivity index (χ4v) is 12.1. The molecule has 1 fully saturated rings. The summed E-state index contributed by atoms with van der Waals surface area (Å²) in [6, 6.07) is 42.6. The summed E-state index contributed by atoms with van der Waals surface area (Å²) in [4.78, 5) is 19.7. The average molecular weight is 1180 g/mol. The molecule has 406 valence electrons. The summed E-state index contributed by atoms with van der Waals surface area (Å²) in [6.07, 6.45) is 7.51. The van der Waals surface area contributed by atoms with Gasteiger partial charge in [-0.2, -0.15) is 0 Å². The van der Waals surface area contributed by atoms with Crippen molar-refractivity contribution in [2.45, 2.75) is 132 Å². The highest BCUT2D eigenvalue weighted by molar-refractivity contribution is 9.11. The van der Waals surface area contributed by atoms with Crippen molar-refractivity contribution in [1.29, 1.82) is 10.8 Å². The molecule has 0 saturated heterocycles. The van der Waals surface area contributed by atoms with Gasteiger partial charge in [-0.1, -0.05) is 153 Å². The maximum Gasteiger partial charge on any atom is 0.200 e. The molecule has 10 aliphatic rings. The fraction of sp³-hybridized carbons (Fsp3) is 0.419. The van der Waals surface area contributed by atoms with E-state index in [2.05, 4.69) is 129 Å². The summed E-state index contributed by atoms with van der Waals surface area (Å²) in [7, 11) is 0. The summed E-state index contributed by atoms with van der Waals surface area (Å²) in [5.74, 6) is 3.47. The fourth-order valence-electron chi connectivity index (χ4n) is 12.1. The largest absolute Gasteiger partial charge is 0.481 e. The standard InChI is InChI=1S/C23H20N2O2.C21H18N2O2.C9H11NO.C7H14N2O2.C2H4Br2/c1-3-7-15-13(5-1)11-17-19(15)24-21(26-17)23(9-10-23)22-25-20-16-8-4-2-6-14(16)12-18(20)27-22;1-3-7-14-12(5-1)9-16-20(14)22-18(24-16)11-19-23-21-15-8-4-2-6-13(15)10-17(21)25-19;10-9-7-4-2-1-3-6(7)5-8(9)11;1-3-10-6(8)5-7(9)11-4-2;3-1-2-4/h1-8,17-20H,9-12H2;1-8,16-17,20-21H,9-11H2;1-4,8-9,11H,5,10H2;8-9H,3-5H2,1-2H3;1-2H2/t17-,18-,19+,20+;16-,17-,20+,21+;8-,9+;;/m001../s1. The minimum Gasteiger partial charge on any atom is -0.481 e. The normalized spacial score (nSPS) is 26.9. The number of nitrogens with zero attached hydrogens (tertiary/aromatic N) is 4. The second-order valence-corrected chi connectivity index (χ2v) is 22.5. The number of alkyl halides is 2. The molecule has 5 aromatic carbocycles. The van der Waals surface area contributed by atoms with Crippen LogP contribution in [0.1, 0.15) is 125 Å². The molecule has 0 unspecified atom stereocenters. The van der Waals surface area contributed by atoms with Gasteiger partial charge in [-0.25, -0.2) is 20.0 Å². The van der Waals surface area contributed by atoms with Crippen LogP contribution < -0.4 is 5.73 Å². The summed E-state index contributed by atoms with van der Waals surface area (Å²) >= 11 is 6.40. The number of hydrogen-bond acceptors (Lipinski definition) is 14. The lowest BCUT2D eigenvalue weighted by Crippen LogP contribution is -2.30. The van der Waals surface area contributed by atoms with E-state index >= 15 is 0 Å². The van der Waals surface area contributed by atoms with Gasteiger partial charge in [0.15, 0.2) is 35.4 Å². The predicted octanol–water partition coefficient (Wildman–Crippen LogP) is 11.3. The minimum absolute atomic E-state index is 0.0888. The molecule has 0 amide bonds. The van der Waals surface area contributed by atoms with Gasteiger partial charge in [0, 0.05) is 42.8 Å². The van der Waals surface area contributed by atoms with Crippen molar-refractivity contribution in [3.63, 3.8) is 0 Å². The molecule has 15 rings (SSSR count). The second kappa shape index (κ2) is 23.6. The Hall–Kier alpha value is -6.20. The molecular formula is C62H67Br2N7O7. The van der Waals surface area contributed by atoms with Gasteiger partial charge in [0.1, 0.15) is 54.0 Å². The third kappa shape index (κ3) is 11.1. The van der Waals surface area contributed by atoms with Crippen molar-refractivity contribution >= 4 is 67.2 Å². The lowest BCUT2D eigenvalue weighted by molar-refractivity contribution is 0.158. The molecule has 0 bridgehead atoms. The second-order valence-electron chi connectivity index (χ2n) is 21.0. The van der Waals surface area contributed by atoms with Crippen LogP contribution in [-0.2, 0) is 60.5 Å². The molecule has 16 heteroatoms. The number of hydrogen-bond donors (Lipinski definition) is 4. The lowest BCUT2D eigenvalue weighted by Gasteiger charge is -2.18. The number of aliphatic hydroxyl groups excluding tert-OH is 1. The van der Waals surface area contributed by atoms with E-state index in [-0.39, 0.29) is 84.4 Å². The zero-order chi connectivity index (χ0) is 53.9. The molecule has 4 heterocycles. The number of nitrogens with one attached hydrogen (secondary N) is 2. The number of halogens is 2. The Kier molecular flexibility index (Phi) is 16.3. The van der Waals surface area contributed by atoms with Gasteiger partial charge in [-0.15, -0.1) is 0 Å². The zero-order valence-corrected chi connectivity index (χ0v) is 47.2. The molecule has 5 aromatic rings. The van der Waals surface area contributed by atoms with Crippen LogP contribution in [0.25, 0.3) is 0 Å². The Bertz CT molecular complexity index is 2990. The molecule has 5 N–H and O–H groups in total. The van der Waals surface area contributed by atoms with Gasteiger partial charge in [0.2, 0.25) is 0 Å². The van der Waals surface area contributed by atoms with Crippen LogP contribution >= 0.6 is 31.9 Å². The number of ether oxygens (including phenoxy) is 6. The number of aliphatic hydroxyl groups is 1. The SMILES string of the molecule is BrCCBr.CCOC(=N)CC(=N)OCC.N[C@H]1c2ccccc2C[C@H]1O.c1ccc2c(c1)C[C@@H]1OC(C3(C4=N[C@@H]5c6ccccc6C[C@@H]5O4)CC3)=N[C@H]21.c1ccc2c(c1)C[C@@H]1OC(CC3=N[C@@H]4c5ccccc5C[C@@H]4O3)=N[C@H]21. The zero-order valence-electron chi connectivity index (χ0n) is 44.0. The first kappa shape index (κ1) is 53.8. The maximum atomic E-state index is 9.39. The van der Waals surface area contributed by atoms with Crippen molar-refractivity contribution in [3.8, 4) is 0 Å². The summed E-state index contributed by atoms with van der Waals surface area (Å²) in [5.41, 5.74) is 18.6. The first-order valence-electron chi connectivity index (χ1n) is 27.4. The summed E-state index contributed by atoms with van der Waals surface area (Å²) < 4.78 is 34.6. The molecule has 10 atom stereocenters. The van der Waals surface area contributed by atoms with Gasteiger partial charge >= 0.3 is 0 Å². The topological polar surface area (TPSA) is 199 Å². The van der Waals surface area contributed by atoms with E-state index in [4.69, 9.17) is 64.9 Å². The van der Waals surface area contributed by atoms with Gasteiger partial charge in [-0.05, 0) is 82.3 Å². The monoisotopic (exact) mass is 1180 g/mol. The molecular weight excluding hydrogens is 1110 g/mol. The van der Waals surface area contributed by atoms with Crippen molar-refractivity contribution in [3.05, 3.63) is 177 Å².